The van der Waals surface area contributed by atoms with Gasteiger partial charge in [0, 0.05) is 5.56 Å². The summed E-state index contributed by atoms with van der Waals surface area (Å²) in [5.74, 6) is 0. The summed E-state index contributed by atoms with van der Waals surface area (Å²) in [6, 6.07) is 4.23. The molecule has 5 heteroatoms. The maximum Gasteiger partial charge on any atom is 0.136 e. The molecule has 0 aliphatic carbocycles. The van der Waals surface area contributed by atoms with E-state index in [2.05, 4.69) is 4.98 Å². The van der Waals surface area contributed by atoms with E-state index in [0.29, 0.717) is 5.56 Å². The summed E-state index contributed by atoms with van der Waals surface area (Å²) in [6.07, 6.45) is 0. The summed E-state index contributed by atoms with van der Waals surface area (Å²) in [5.41, 5.74) is 5.91. The van der Waals surface area contributed by atoms with Gasteiger partial charge in [0.15, 0.2) is 0 Å². The van der Waals surface area contributed by atoms with Crippen molar-refractivity contribution >= 4 is 23.2 Å². The van der Waals surface area contributed by atoms with E-state index in [0.717, 1.165) is 0 Å². The Hall–Kier alpha value is -0.820. The van der Waals surface area contributed by atoms with Gasteiger partial charge in [-0.3, -0.25) is 0 Å². The number of aromatic nitrogens is 1. The van der Waals surface area contributed by atoms with Crippen LogP contribution in [0.25, 0.3) is 0 Å². The number of halogens is 2. The normalized spacial score (nSPS) is 12.2. The largest absolute Gasteiger partial charge is 0.312 e. The van der Waals surface area contributed by atoms with Crippen molar-refractivity contribution in [1.29, 1.82) is 5.26 Å². The average molecular weight is 202 g/mol. The Balaban J connectivity index is 3.11. The highest BCUT2D eigenvalue weighted by Crippen LogP contribution is 2.20. The Kier molecular flexibility index (Phi) is 2.88. The summed E-state index contributed by atoms with van der Waals surface area (Å²) in [7, 11) is 0. The standard InChI is InChI=1S/C7H5Cl2N3/c8-6-2-1-4(5(11)3-10)7(9)12-6/h1-2,5H,11H2/t5-/m0/s1. The molecule has 0 unspecified atom stereocenters. The lowest BCUT2D eigenvalue weighted by atomic mass is 10.1. The van der Waals surface area contributed by atoms with E-state index in [-0.39, 0.29) is 10.3 Å². The van der Waals surface area contributed by atoms with Crippen LogP contribution in [0.15, 0.2) is 12.1 Å². The smallest absolute Gasteiger partial charge is 0.136 e. The van der Waals surface area contributed by atoms with Crippen LogP contribution >= 0.6 is 23.2 Å². The van der Waals surface area contributed by atoms with Gasteiger partial charge in [-0.2, -0.15) is 5.26 Å². The second-order valence-electron chi connectivity index (χ2n) is 2.12. The minimum atomic E-state index is -0.748. The van der Waals surface area contributed by atoms with Crippen molar-refractivity contribution in [3.63, 3.8) is 0 Å². The average Bonchev–Trinajstić information content (AvgIpc) is 2.03. The van der Waals surface area contributed by atoms with Gasteiger partial charge in [-0.15, -0.1) is 0 Å². The first-order chi connectivity index (χ1) is 5.65. The molecular weight excluding hydrogens is 197 g/mol. The lowest BCUT2D eigenvalue weighted by Crippen LogP contribution is -2.08. The van der Waals surface area contributed by atoms with Crippen LogP contribution in [0.5, 0.6) is 0 Å². The molecule has 1 aromatic rings. The third-order valence-corrected chi connectivity index (χ3v) is 1.83. The molecule has 1 rings (SSSR count). The van der Waals surface area contributed by atoms with Crippen LogP contribution in [0.2, 0.25) is 10.3 Å². The quantitative estimate of drug-likeness (QED) is 0.707. The monoisotopic (exact) mass is 201 g/mol. The predicted octanol–water partition coefficient (Wildman–Crippen LogP) is 1.91. The number of hydrogen-bond acceptors (Lipinski definition) is 3. The lowest BCUT2D eigenvalue weighted by molar-refractivity contribution is 0.916. The number of nitrogens with zero attached hydrogens (tertiary/aromatic N) is 2. The molecule has 0 spiro atoms. The first-order valence-corrected chi connectivity index (χ1v) is 3.88. The Morgan fingerprint density at radius 3 is 2.67 bits per heavy atom. The summed E-state index contributed by atoms with van der Waals surface area (Å²) in [6.45, 7) is 0. The molecule has 0 amide bonds. The van der Waals surface area contributed by atoms with E-state index >= 15 is 0 Å². The SMILES string of the molecule is N#C[C@H](N)c1ccc(Cl)nc1Cl. The number of pyridine rings is 1. The van der Waals surface area contributed by atoms with Crippen LogP contribution in [0.3, 0.4) is 0 Å². The van der Waals surface area contributed by atoms with Crippen molar-refractivity contribution in [1.82, 2.24) is 4.98 Å². The molecule has 0 aliphatic rings. The fourth-order valence-corrected chi connectivity index (χ4v) is 1.19. The molecule has 0 bridgehead atoms. The van der Waals surface area contributed by atoms with Crippen molar-refractivity contribution in [2.45, 2.75) is 6.04 Å². The van der Waals surface area contributed by atoms with E-state index in [9.17, 15) is 0 Å². The molecule has 0 saturated carbocycles. The zero-order valence-electron chi connectivity index (χ0n) is 5.96. The molecule has 0 radical (unpaired) electrons. The van der Waals surface area contributed by atoms with Gasteiger partial charge >= 0.3 is 0 Å². The summed E-state index contributed by atoms with van der Waals surface area (Å²) in [4.78, 5) is 3.74. The molecule has 1 atom stereocenters. The van der Waals surface area contributed by atoms with Gasteiger partial charge < -0.3 is 5.73 Å². The van der Waals surface area contributed by atoms with Gasteiger partial charge in [-0.05, 0) is 6.07 Å². The molecule has 0 saturated heterocycles. The van der Waals surface area contributed by atoms with Gasteiger partial charge in [0.05, 0.1) is 6.07 Å². The van der Waals surface area contributed by atoms with Crippen molar-refractivity contribution < 1.29 is 0 Å². The van der Waals surface area contributed by atoms with Gasteiger partial charge in [-0.1, -0.05) is 29.3 Å². The van der Waals surface area contributed by atoms with Gasteiger partial charge in [0.25, 0.3) is 0 Å². The zero-order chi connectivity index (χ0) is 9.14. The van der Waals surface area contributed by atoms with Crippen molar-refractivity contribution in [3.05, 3.63) is 28.0 Å². The van der Waals surface area contributed by atoms with E-state index < -0.39 is 6.04 Å². The Bertz CT molecular complexity index is 332. The highest BCUT2D eigenvalue weighted by Gasteiger charge is 2.09. The molecule has 0 fully saturated rings. The molecule has 0 aliphatic heterocycles. The highest BCUT2D eigenvalue weighted by atomic mass is 35.5. The zero-order valence-corrected chi connectivity index (χ0v) is 7.47. The molecule has 1 aromatic heterocycles. The van der Waals surface area contributed by atoms with Crippen LogP contribution in [-0.4, -0.2) is 4.98 Å². The third-order valence-electron chi connectivity index (χ3n) is 1.32. The lowest BCUT2D eigenvalue weighted by Gasteiger charge is -2.03. The second kappa shape index (κ2) is 3.72. The number of nitriles is 1. The van der Waals surface area contributed by atoms with Crippen molar-refractivity contribution in [2.24, 2.45) is 5.73 Å². The third kappa shape index (κ3) is 1.86. The molecule has 0 aromatic carbocycles. The topological polar surface area (TPSA) is 62.7 Å². The Morgan fingerprint density at radius 2 is 2.17 bits per heavy atom. The summed E-state index contributed by atoms with van der Waals surface area (Å²) >= 11 is 11.2. The minimum Gasteiger partial charge on any atom is -0.312 e. The number of nitrogens with two attached hydrogens (primary N) is 1. The molecular formula is C7H5Cl2N3. The van der Waals surface area contributed by atoms with Gasteiger partial charge in [-0.25, -0.2) is 4.98 Å². The number of hydrogen-bond donors (Lipinski definition) is 1. The van der Waals surface area contributed by atoms with E-state index in [1.54, 1.807) is 12.1 Å². The maximum atomic E-state index is 8.49. The van der Waals surface area contributed by atoms with E-state index in [4.69, 9.17) is 34.2 Å². The summed E-state index contributed by atoms with van der Waals surface area (Å²) < 4.78 is 0. The predicted molar refractivity (Wildman–Crippen MR) is 46.8 cm³/mol. The first-order valence-electron chi connectivity index (χ1n) is 3.12. The highest BCUT2D eigenvalue weighted by molar-refractivity contribution is 6.32. The first kappa shape index (κ1) is 9.27. The fourth-order valence-electron chi connectivity index (χ4n) is 0.724. The molecule has 12 heavy (non-hydrogen) atoms. The van der Waals surface area contributed by atoms with E-state index in [1.807, 2.05) is 6.07 Å². The van der Waals surface area contributed by atoms with Crippen molar-refractivity contribution in [3.8, 4) is 6.07 Å². The Morgan fingerprint density at radius 1 is 1.50 bits per heavy atom. The van der Waals surface area contributed by atoms with Gasteiger partial charge in [0.2, 0.25) is 0 Å². The second-order valence-corrected chi connectivity index (χ2v) is 2.87. The van der Waals surface area contributed by atoms with Crippen LogP contribution in [-0.2, 0) is 0 Å². The molecule has 62 valence electrons. The molecule has 2 N–H and O–H groups in total. The number of rotatable bonds is 1. The fraction of sp³-hybridized carbons (Fsp3) is 0.143. The molecule has 3 nitrogen and oxygen atoms in total. The van der Waals surface area contributed by atoms with Crippen LogP contribution in [0, 0.1) is 11.3 Å². The van der Waals surface area contributed by atoms with E-state index in [1.165, 1.54) is 0 Å². The molecule has 1 heterocycles. The minimum absolute atomic E-state index is 0.177. The van der Waals surface area contributed by atoms with Gasteiger partial charge in [0.1, 0.15) is 16.3 Å². The Labute approximate surface area is 79.7 Å². The summed E-state index contributed by atoms with van der Waals surface area (Å²) in [5, 5.41) is 8.95. The van der Waals surface area contributed by atoms with Crippen LogP contribution in [0.1, 0.15) is 11.6 Å². The van der Waals surface area contributed by atoms with Crippen LogP contribution < -0.4 is 5.73 Å². The maximum absolute atomic E-state index is 8.49. The van der Waals surface area contributed by atoms with Crippen LogP contribution in [0.4, 0.5) is 0 Å². The van der Waals surface area contributed by atoms with Crippen molar-refractivity contribution in [2.75, 3.05) is 0 Å².